The lowest BCUT2D eigenvalue weighted by atomic mass is 9.97. The van der Waals surface area contributed by atoms with Crippen molar-refractivity contribution in [1.82, 2.24) is 0 Å². The van der Waals surface area contributed by atoms with Crippen molar-refractivity contribution in [2.75, 3.05) is 34.0 Å². The average Bonchev–Trinajstić information content (AvgIpc) is 1.40. The van der Waals surface area contributed by atoms with Gasteiger partial charge in [0, 0.05) is 36.4 Å². The van der Waals surface area contributed by atoms with E-state index in [-0.39, 0.29) is 39.5 Å². The van der Waals surface area contributed by atoms with Gasteiger partial charge in [0.25, 0.3) is 0 Å². The van der Waals surface area contributed by atoms with Gasteiger partial charge in [-0.3, -0.25) is 9.59 Å². The second-order valence-electron chi connectivity index (χ2n) is 19.6. The summed E-state index contributed by atoms with van der Waals surface area (Å²) in [5.74, 6) is -10.2. The zero-order chi connectivity index (χ0) is 63.1. The van der Waals surface area contributed by atoms with Crippen LogP contribution in [0.4, 0.5) is 0 Å². The first-order valence-electron chi connectivity index (χ1n) is 25.9. The Labute approximate surface area is 489 Å². The van der Waals surface area contributed by atoms with Gasteiger partial charge in [-0.2, -0.15) is 0 Å². The van der Waals surface area contributed by atoms with E-state index in [4.69, 9.17) is 61.6 Å². The van der Waals surface area contributed by atoms with Gasteiger partial charge in [-0.25, -0.2) is 14.0 Å². The van der Waals surface area contributed by atoms with E-state index in [1.807, 2.05) is 0 Å². The third kappa shape index (κ3) is 15.1. The molecule has 3 aliphatic heterocycles. The first kappa shape index (κ1) is 64.2. The van der Waals surface area contributed by atoms with Crippen LogP contribution < -0.4 is 18.9 Å². The summed E-state index contributed by atoms with van der Waals surface area (Å²) < 4.78 is 67.7. The van der Waals surface area contributed by atoms with E-state index in [9.17, 15) is 90.7 Å². The van der Waals surface area contributed by atoms with Gasteiger partial charge in [0.05, 0.1) is 25.8 Å². The molecule has 31 heteroatoms. The van der Waals surface area contributed by atoms with E-state index in [2.05, 4.69) is 0 Å². The molecule has 0 aliphatic carbocycles. The number of phenols is 6. The minimum atomic E-state index is -2.26. The molecule has 8 rings (SSSR count). The Bertz CT molecular complexity index is 3340. The molecule has 5 aromatic rings. The number of fused-ring (bicyclic) bond motifs is 1. The number of methoxy groups -OCH3 is 2. The zero-order valence-electron chi connectivity index (χ0n) is 45.4. The van der Waals surface area contributed by atoms with Crippen molar-refractivity contribution in [2.24, 2.45) is 0 Å². The highest BCUT2D eigenvalue weighted by molar-refractivity contribution is 5.91. The van der Waals surface area contributed by atoms with Gasteiger partial charge in [0.2, 0.25) is 18.3 Å². The molecule has 1 aromatic heterocycles. The Morgan fingerprint density at radius 2 is 1.00 bits per heavy atom. The fraction of sp³-hybridized carbons (Fsp3) is 0.375. The van der Waals surface area contributed by atoms with Crippen LogP contribution in [0.1, 0.15) is 17.5 Å². The minimum absolute atomic E-state index is 0.0712. The van der Waals surface area contributed by atoms with Crippen molar-refractivity contribution in [1.29, 1.82) is 0 Å². The van der Waals surface area contributed by atoms with Crippen LogP contribution in [-0.4, -0.2) is 227 Å². The number of phenolic OH excluding ortho intramolecular Hbond substituents is 6. The normalized spacial score (nSPS) is 27.4. The molecule has 468 valence electrons. The maximum absolute atomic E-state index is 13.1. The van der Waals surface area contributed by atoms with Crippen molar-refractivity contribution in [2.45, 2.75) is 98.5 Å². The van der Waals surface area contributed by atoms with Crippen LogP contribution in [0, 0.1) is 0 Å². The second kappa shape index (κ2) is 27.7. The number of carboxylic acids is 1. The summed E-state index contributed by atoms with van der Waals surface area (Å²) in [7, 11) is 2.61. The minimum Gasteiger partial charge on any atom is -0.507 e. The van der Waals surface area contributed by atoms with Gasteiger partial charge < -0.3 is 129 Å². The van der Waals surface area contributed by atoms with Crippen LogP contribution in [0.5, 0.6) is 57.5 Å². The third-order valence-electron chi connectivity index (χ3n) is 13.6. The number of ether oxygens (including phenoxy) is 11. The van der Waals surface area contributed by atoms with Gasteiger partial charge in [-0.1, -0.05) is 12.1 Å². The van der Waals surface area contributed by atoms with Gasteiger partial charge in [-0.05, 0) is 47.5 Å². The van der Waals surface area contributed by atoms with E-state index < -0.39 is 182 Å². The number of carboxylic acid groups (broad SMARTS) is 1. The molecule has 0 bridgehead atoms. The first-order chi connectivity index (χ1) is 41.3. The highest BCUT2D eigenvalue weighted by Crippen LogP contribution is 2.46. The number of aliphatic hydroxyl groups excluding tert-OH is 8. The monoisotopic (exact) mass is 1230 g/mol. The molecule has 0 saturated carbocycles. The molecule has 0 spiro atoms. The van der Waals surface area contributed by atoms with Gasteiger partial charge in [0.15, 0.2) is 52.6 Å². The molecule has 4 aromatic carbocycles. The highest BCUT2D eigenvalue weighted by Gasteiger charge is 2.53. The molecule has 0 amide bonds. The molecule has 15 atom stereocenters. The SMILES string of the molecule is COc1cc(C=CC(=O)OC[C@H]2O[C@@H](O[C@H]3[C@H](Oc4cc5c(O[C@@H]6O[C@H](COC(=O)CC(=O)O)[C@@H](O)[C@H](O)[C@H]6O)cc(O)cc5[o+]c4-c4cc(O)c(O)c(O)c4)O[C@H](COC(=O)C=Cc4ccc(O)c(OC)c4)[C@@H](O)[C@@H]3O)[C@H](O)[C@@H](O)[C@@H]2O)ccc1O. The Kier molecular flexibility index (Phi) is 20.4. The fourth-order valence-electron chi connectivity index (χ4n) is 9.00. The summed E-state index contributed by atoms with van der Waals surface area (Å²) in [5.41, 5.74) is 0.0598. The number of aliphatic carboxylic acids is 1. The molecule has 0 unspecified atom stereocenters. The maximum atomic E-state index is 13.1. The van der Waals surface area contributed by atoms with Crippen molar-refractivity contribution in [3.05, 3.63) is 90.0 Å². The molecule has 3 aliphatic rings. The predicted octanol–water partition coefficient (Wildman–Crippen LogP) is -0.632. The number of rotatable bonds is 21. The topological polar surface area (TPSA) is 485 Å². The van der Waals surface area contributed by atoms with Crippen LogP contribution in [0.2, 0.25) is 0 Å². The summed E-state index contributed by atoms with van der Waals surface area (Å²) in [6.07, 6.45) is -27.1. The van der Waals surface area contributed by atoms with Crippen LogP contribution in [0.15, 0.2) is 83.3 Å². The van der Waals surface area contributed by atoms with E-state index in [1.54, 1.807) is 0 Å². The molecular weight excluding hydrogens is 1170 g/mol. The summed E-state index contributed by atoms with van der Waals surface area (Å²) >= 11 is 0. The van der Waals surface area contributed by atoms with E-state index in [1.165, 1.54) is 62.8 Å². The summed E-state index contributed by atoms with van der Waals surface area (Å²) in [4.78, 5) is 49.1. The summed E-state index contributed by atoms with van der Waals surface area (Å²) in [5, 5.41) is 161. The van der Waals surface area contributed by atoms with Crippen molar-refractivity contribution in [3.63, 3.8) is 0 Å². The lowest BCUT2D eigenvalue weighted by Crippen LogP contribution is -2.65. The van der Waals surface area contributed by atoms with E-state index in [0.717, 1.165) is 42.5 Å². The number of hydrogen-bond acceptors (Lipinski definition) is 29. The first-order valence-corrected chi connectivity index (χ1v) is 25.9. The number of aliphatic hydroxyl groups is 8. The quantitative estimate of drug-likeness (QED) is 0.0109. The molecule has 87 heavy (non-hydrogen) atoms. The average molecular weight is 1230 g/mol. The van der Waals surface area contributed by atoms with Crippen LogP contribution >= 0.6 is 0 Å². The van der Waals surface area contributed by atoms with Gasteiger partial charge in [0.1, 0.15) is 110 Å². The van der Waals surface area contributed by atoms with Gasteiger partial charge >= 0.3 is 35.2 Å². The lowest BCUT2D eigenvalue weighted by Gasteiger charge is -2.45. The van der Waals surface area contributed by atoms with Gasteiger partial charge in [-0.15, -0.1) is 0 Å². The predicted molar refractivity (Wildman–Crippen MR) is 285 cm³/mol. The van der Waals surface area contributed by atoms with E-state index >= 15 is 0 Å². The number of esters is 3. The van der Waals surface area contributed by atoms with Crippen LogP contribution in [-0.2, 0) is 52.3 Å². The Hall–Kier alpha value is -8.83. The Morgan fingerprint density at radius 1 is 0.517 bits per heavy atom. The Balaban J connectivity index is 1.14. The lowest BCUT2D eigenvalue weighted by molar-refractivity contribution is -0.358. The molecular formula is C56H59O31+. The third-order valence-corrected chi connectivity index (χ3v) is 13.6. The van der Waals surface area contributed by atoms with Crippen molar-refractivity contribution < 1.29 is 152 Å². The molecule has 4 heterocycles. The number of carbonyl (C=O) groups is 4. The van der Waals surface area contributed by atoms with E-state index in [0.29, 0.717) is 11.1 Å². The second-order valence-corrected chi connectivity index (χ2v) is 19.6. The number of benzene rings is 4. The molecule has 3 saturated heterocycles. The van der Waals surface area contributed by atoms with Crippen LogP contribution in [0.25, 0.3) is 34.4 Å². The van der Waals surface area contributed by atoms with Crippen molar-refractivity contribution in [3.8, 4) is 68.8 Å². The largest absolute Gasteiger partial charge is 0.507 e. The fourth-order valence-corrected chi connectivity index (χ4v) is 9.00. The highest BCUT2D eigenvalue weighted by atomic mass is 16.8. The Morgan fingerprint density at radius 3 is 1.53 bits per heavy atom. The summed E-state index contributed by atoms with van der Waals surface area (Å²) in [6.45, 7) is -2.57. The number of aromatic hydroxyl groups is 6. The molecule has 31 nitrogen and oxygen atoms in total. The standard InChI is InChI=1S/C56H58O31/c1-76-33-11-22(3-7-27(33)58)5-9-40(64)78-19-36-44(68)48(72)51(75)55(85-36)87-53-49(73)46(70)38(20-79-41(65)10-6-23-4-8-28(59)34(12-23)77-2)86-56(53)83-35-17-26-31(81-52(35)24-13-29(60)43(67)30(61)14-24)15-25(57)16-32(26)82-54-50(74)47(71)45(69)37(84-54)21-80-42(66)18-39(62)63/h3-17,36-38,44-51,53-56,68-75H,18-21H2,1-2H3,(H6-,57,58,59,60,61,62,63,64,65,67)/p+1/t36-,37-,38-,44-,45-,46-,47+,48+,49+,50-,51-,53-,54-,55+,56-/m1/s1. The zero-order valence-corrected chi connectivity index (χ0v) is 45.4. The summed E-state index contributed by atoms with van der Waals surface area (Å²) in [6, 6.07) is 13.0. The molecule has 3 fully saturated rings. The maximum Gasteiger partial charge on any atom is 0.402 e. The number of hydrogen-bond donors (Lipinski definition) is 15. The molecule has 0 radical (unpaired) electrons. The molecule has 15 N–H and O–H groups in total. The number of carbonyl (C=O) groups excluding carboxylic acids is 3. The smallest absolute Gasteiger partial charge is 0.402 e. The van der Waals surface area contributed by atoms with Crippen molar-refractivity contribution >= 4 is 47.0 Å². The van der Waals surface area contributed by atoms with Crippen LogP contribution in [0.3, 0.4) is 0 Å².